The number of hydrogen-bond acceptors (Lipinski definition) is 3. The van der Waals surface area contributed by atoms with Crippen molar-refractivity contribution in [1.29, 1.82) is 0 Å². The SMILES string of the molecule is O=C(O)C1CCC(O)(CNCc2cc(Br)ccc2F)CC1. The summed E-state index contributed by atoms with van der Waals surface area (Å²) in [7, 11) is 0. The fraction of sp³-hybridized carbons (Fsp3) is 0.533. The minimum Gasteiger partial charge on any atom is -0.481 e. The molecule has 0 radical (unpaired) electrons. The maximum Gasteiger partial charge on any atom is 0.306 e. The first kappa shape index (κ1) is 16.4. The molecular formula is C15H19BrFNO3. The quantitative estimate of drug-likeness (QED) is 0.755. The van der Waals surface area contributed by atoms with Gasteiger partial charge < -0.3 is 15.5 Å². The second-order valence-corrected chi connectivity index (χ2v) is 6.59. The Hall–Kier alpha value is -0.980. The van der Waals surface area contributed by atoms with Gasteiger partial charge in [-0.15, -0.1) is 0 Å². The van der Waals surface area contributed by atoms with Gasteiger partial charge in [0.05, 0.1) is 11.5 Å². The van der Waals surface area contributed by atoms with Crippen molar-refractivity contribution in [3.8, 4) is 0 Å². The van der Waals surface area contributed by atoms with Crippen molar-refractivity contribution in [1.82, 2.24) is 5.32 Å². The molecule has 21 heavy (non-hydrogen) atoms. The van der Waals surface area contributed by atoms with E-state index < -0.39 is 11.6 Å². The van der Waals surface area contributed by atoms with Crippen LogP contribution < -0.4 is 5.32 Å². The van der Waals surface area contributed by atoms with Crippen molar-refractivity contribution in [3.63, 3.8) is 0 Å². The molecule has 3 N–H and O–H groups in total. The van der Waals surface area contributed by atoms with Gasteiger partial charge in [-0.3, -0.25) is 4.79 Å². The summed E-state index contributed by atoms with van der Waals surface area (Å²) >= 11 is 3.30. The highest BCUT2D eigenvalue weighted by atomic mass is 79.9. The Labute approximate surface area is 131 Å². The molecule has 0 aromatic heterocycles. The molecule has 0 saturated heterocycles. The highest BCUT2D eigenvalue weighted by Crippen LogP contribution is 2.31. The van der Waals surface area contributed by atoms with Crippen LogP contribution in [0.5, 0.6) is 0 Å². The Bertz CT molecular complexity index is 516. The second kappa shape index (κ2) is 6.85. The third-order valence-electron chi connectivity index (χ3n) is 4.04. The molecule has 0 aliphatic heterocycles. The van der Waals surface area contributed by atoms with Gasteiger partial charge in [0.2, 0.25) is 0 Å². The van der Waals surface area contributed by atoms with Gasteiger partial charge >= 0.3 is 5.97 Å². The van der Waals surface area contributed by atoms with E-state index in [1.807, 2.05) is 0 Å². The molecule has 0 unspecified atom stereocenters. The molecule has 1 saturated carbocycles. The van der Waals surface area contributed by atoms with Crippen LogP contribution in [0.15, 0.2) is 22.7 Å². The van der Waals surface area contributed by atoms with E-state index in [4.69, 9.17) is 5.11 Å². The van der Waals surface area contributed by atoms with Gasteiger partial charge in [-0.2, -0.15) is 0 Å². The zero-order valence-electron chi connectivity index (χ0n) is 11.6. The van der Waals surface area contributed by atoms with E-state index in [0.717, 1.165) is 4.47 Å². The zero-order chi connectivity index (χ0) is 15.5. The molecule has 6 heteroatoms. The lowest BCUT2D eigenvalue weighted by Gasteiger charge is -2.34. The third-order valence-corrected chi connectivity index (χ3v) is 4.54. The van der Waals surface area contributed by atoms with E-state index in [1.54, 1.807) is 12.1 Å². The number of rotatable bonds is 5. The average Bonchev–Trinajstić information content (AvgIpc) is 2.43. The first-order valence-electron chi connectivity index (χ1n) is 6.99. The number of carboxylic acids is 1. The Morgan fingerprint density at radius 1 is 1.43 bits per heavy atom. The molecule has 1 aliphatic carbocycles. The van der Waals surface area contributed by atoms with Crippen LogP contribution in [0.25, 0.3) is 0 Å². The number of nitrogens with one attached hydrogen (secondary N) is 1. The van der Waals surface area contributed by atoms with Gasteiger partial charge in [0.15, 0.2) is 0 Å². The summed E-state index contributed by atoms with van der Waals surface area (Å²) < 4.78 is 14.4. The molecule has 2 rings (SSSR count). The van der Waals surface area contributed by atoms with E-state index in [0.29, 0.717) is 44.3 Å². The monoisotopic (exact) mass is 359 g/mol. The van der Waals surface area contributed by atoms with Crippen LogP contribution in [-0.4, -0.2) is 28.3 Å². The van der Waals surface area contributed by atoms with Crippen LogP contribution >= 0.6 is 15.9 Å². The predicted octanol–water partition coefficient (Wildman–Crippen LogP) is 2.68. The minimum atomic E-state index is -0.894. The van der Waals surface area contributed by atoms with E-state index in [2.05, 4.69) is 21.2 Å². The number of carbonyl (C=O) groups is 1. The number of carboxylic acid groups (broad SMARTS) is 1. The van der Waals surface area contributed by atoms with Crippen LogP contribution in [0, 0.1) is 11.7 Å². The molecule has 1 fully saturated rings. The lowest BCUT2D eigenvalue weighted by Crippen LogP contribution is -2.44. The van der Waals surface area contributed by atoms with E-state index in [1.165, 1.54) is 6.07 Å². The van der Waals surface area contributed by atoms with Crippen molar-refractivity contribution in [3.05, 3.63) is 34.1 Å². The maximum absolute atomic E-state index is 13.6. The van der Waals surface area contributed by atoms with Gasteiger partial charge in [0.1, 0.15) is 5.82 Å². The molecule has 0 atom stereocenters. The summed E-state index contributed by atoms with van der Waals surface area (Å²) in [5.41, 5.74) is -0.360. The molecule has 1 aromatic carbocycles. The topological polar surface area (TPSA) is 69.6 Å². The van der Waals surface area contributed by atoms with Crippen LogP contribution in [0.1, 0.15) is 31.2 Å². The van der Waals surface area contributed by atoms with Crippen LogP contribution in [0.3, 0.4) is 0 Å². The predicted molar refractivity (Wildman–Crippen MR) is 80.4 cm³/mol. The van der Waals surface area contributed by atoms with Crippen molar-refractivity contribution in [2.24, 2.45) is 5.92 Å². The zero-order valence-corrected chi connectivity index (χ0v) is 13.2. The number of benzene rings is 1. The number of hydrogen-bond donors (Lipinski definition) is 3. The van der Waals surface area contributed by atoms with E-state index in [-0.39, 0.29) is 11.7 Å². The smallest absolute Gasteiger partial charge is 0.306 e. The van der Waals surface area contributed by atoms with Crippen LogP contribution in [-0.2, 0) is 11.3 Å². The minimum absolute atomic E-state index is 0.285. The van der Waals surface area contributed by atoms with Gasteiger partial charge in [-0.05, 0) is 43.9 Å². The number of halogens is 2. The normalized spacial score (nSPS) is 25.8. The van der Waals surface area contributed by atoms with Crippen LogP contribution in [0.2, 0.25) is 0 Å². The number of aliphatic carboxylic acids is 1. The van der Waals surface area contributed by atoms with E-state index >= 15 is 0 Å². The standard InChI is InChI=1S/C15H19BrFNO3/c16-12-1-2-13(17)11(7-12)8-18-9-15(21)5-3-10(4-6-15)14(19)20/h1-2,7,10,18,21H,3-6,8-9H2,(H,19,20). The highest BCUT2D eigenvalue weighted by molar-refractivity contribution is 9.10. The first-order valence-corrected chi connectivity index (χ1v) is 7.79. The summed E-state index contributed by atoms with van der Waals surface area (Å²) in [6.07, 6.45) is 1.88. The average molecular weight is 360 g/mol. The third kappa shape index (κ3) is 4.49. The van der Waals surface area contributed by atoms with E-state index in [9.17, 15) is 14.3 Å². The molecule has 116 valence electrons. The number of aliphatic hydroxyl groups is 1. The van der Waals surface area contributed by atoms with Crippen molar-refractivity contribution in [2.45, 2.75) is 37.8 Å². The molecule has 4 nitrogen and oxygen atoms in total. The lowest BCUT2D eigenvalue weighted by molar-refractivity contribution is -0.144. The lowest BCUT2D eigenvalue weighted by atomic mass is 9.79. The van der Waals surface area contributed by atoms with Gasteiger partial charge in [0, 0.05) is 23.1 Å². The van der Waals surface area contributed by atoms with Crippen LogP contribution in [0.4, 0.5) is 4.39 Å². The fourth-order valence-corrected chi connectivity index (χ4v) is 3.10. The van der Waals surface area contributed by atoms with Gasteiger partial charge in [-0.1, -0.05) is 15.9 Å². The van der Waals surface area contributed by atoms with Gasteiger partial charge in [-0.25, -0.2) is 4.39 Å². The summed E-state index contributed by atoms with van der Waals surface area (Å²) in [4.78, 5) is 10.9. The Kier molecular flexibility index (Phi) is 5.35. The molecule has 1 aromatic rings. The molecule has 0 amide bonds. The summed E-state index contributed by atoms with van der Waals surface area (Å²) in [6, 6.07) is 4.74. The molecule has 0 heterocycles. The second-order valence-electron chi connectivity index (χ2n) is 5.68. The largest absolute Gasteiger partial charge is 0.481 e. The molecule has 1 aliphatic rings. The summed E-state index contributed by atoms with van der Waals surface area (Å²) in [5.74, 6) is -1.43. The Morgan fingerprint density at radius 2 is 2.10 bits per heavy atom. The van der Waals surface area contributed by atoms with Gasteiger partial charge in [0.25, 0.3) is 0 Å². The Morgan fingerprint density at radius 3 is 2.71 bits per heavy atom. The molecular weight excluding hydrogens is 341 g/mol. The van der Waals surface area contributed by atoms with Crippen molar-refractivity contribution < 1.29 is 19.4 Å². The van der Waals surface area contributed by atoms with Crippen molar-refractivity contribution in [2.75, 3.05) is 6.54 Å². The molecule has 0 bridgehead atoms. The maximum atomic E-state index is 13.6. The summed E-state index contributed by atoms with van der Waals surface area (Å²) in [5, 5.41) is 22.4. The fourth-order valence-electron chi connectivity index (χ4n) is 2.69. The Balaban J connectivity index is 1.83. The summed E-state index contributed by atoms with van der Waals surface area (Å²) in [6.45, 7) is 0.668. The highest BCUT2D eigenvalue weighted by Gasteiger charge is 2.35. The first-order chi connectivity index (χ1) is 9.89. The van der Waals surface area contributed by atoms with Crippen molar-refractivity contribution >= 4 is 21.9 Å². The molecule has 0 spiro atoms.